The molecular formula is C22H16N2O5S. The summed E-state index contributed by atoms with van der Waals surface area (Å²) in [4.78, 5) is 29.1. The molecule has 0 spiro atoms. The lowest BCUT2D eigenvalue weighted by molar-refractivity contribution is 0.484. The first-order valence-electron chi connectivity index (χ1n) is 9.16. The molecule has 0 aliphatic carbocycles. The number of nitrogens with zero attached hydrogens (tertiary/aromatic N) is 1. The van der Waals surface area contributed by atoms with Crippen molar-refractivity contribution in [2.45, 2.75) is 11.8 Å². The highest BCUT2D eigenvalue weighted by Gasteiger charge is 2.20. The van der Waals surface area contributed by atoms with Gasteiger partial charge in [-0.1, -0.05) is 17.7 Å². The summed E-state index contributed by atoms with van der Waals surface area (Å²) in [5.74, 6) is 0. The monoisotopic (exact) mass is 420 g/mol. The van der Waals surface area contributed by atoms with Gasteiger partial charge in [0.05, 0.1) is 21.9 Å². The molecule has 2 heterocycles. The zero-order valence-corrected chi connectivity index (χ0v) is 16.9. The topological polar surface area (TPSA) is 109 Å². The smallest absolute Gasteiger partial charge is 0.295 e. The average molecular weight is 420 g/mol. The Bertz CT molecular complexity index is 1780. The third-order valence-electron chi connectivity index (χ3n) is 5.55. The fourth-order valence-electron chi connectivity index (χ4n) is 4.09. The second-order valence-electron chi connectivity index (χ2n) is 7.43. The van der Waals surface area contributed by atoms with E-state index >= 15 is 0 Å². The van der Waals surface area contributed by atoms with Gasteiger partial charge in [0.1, 0.15) is 4.90 Å². The summed E-state index contributed by atoms with van der Waals surface area (Å²) in [6.45, 7) is 1.91. The van der Waals surface area contributed by atoms with Gasteiger partial charge in [-0.3, -0.25) is 14.1 Å². The minimum Gasteiger partial charge on any atom is -0.354 e. The molecule has 2 N–H and O–H groups in total. The van der Waals surface area contributed by atoms with Crippen LogP contribution in [0.3, 0.4) is 0 Å². The van der Waals surface area contributed by atoms with Gasteiger partial charge < -0.3 is 9.55 Å². The number of nitrogens with one attached hydrogen (secondary N) is 1. The molecule has 0 bridgehead atoms. The Morgan fingerprint density at radius 1 is 0.867 bits per heavy atom. The van der Waals surface area contributed by atoms with Crippen molar-refractivity contribution in [1.29, 1.82) is 0 Å². The minimum absolute atomic E-state index is 0.0897. The van der Waals surface area contributed by atoms with Crippen LogP contribution < -0.4 is 10.9 Å². The number of H-pyrrole nitrogens is 1. The second-order valence-corrected chi connectivity index (χ2v) is 8.82. The van der Waals surface area contributed by atoms with Gasteiger partial charge in [-0.15, -0.1) is 0 Å². The molecule has 8 heteroatoms. The zero-order valence-electron chi connectivity index (χ0n) is 16.1. The summed E-state index contributed by atoms with van der Waals surface area (Å²) in [6, 6.07) is 13.0. The van der Waals surface area contributed by atoms with Gasteiger partial charge in [0.2, 0.25) is 0 Å². The van der Waals surface area contributed by atoms with Gasteiger partial charge >= 0.3 is 0 Å². The molecule has 0 saturated carbocycles. The number of hydrogen-bond donors (Lipinski definition) is 2. The molecule has 5 rings (SSSR count). The number of pyridine rings is 2. The van der Waals surface area contributed by atoms with E-state index in [4.69, 9.17) is 0 Å². The molecule has 150 valence electrons. The van der Waals surface area contributed by atoms with Crippen molar-refractivity contribution in [3.8, 4) is 0 Å². The Kier molecular flexibility index (Phi) is 3.71. The maximum atomic E-state index is 13.3. The van der Waals surface area contributed by atoms with Gasteiger partial charge in [0.25, 0.3) is 10.1 Å². The van der Waals surface area contributed by atoms with Crippen LogP contribution in [0.15, 0.2) is 63.0 Å². The van der Waals surface area contributed by atoms with E-state index in [9.17, 15) is 22.6 Å². The Labute approximate surface area is 169 Å². The molecule has 3 aromatic carbocycles. The molecule has 30 heavy (non-hydrogen) atoms. The third kappa shape index (κ3) is 2.51. The summed E-state index contributed by atoms with van der Waals surface area (Å²) in [6.07, 6.45) is 0. The molecule has 0 radical (unpaired) electrons. The Hall–Kier alpha value is -3.49. The zero-order chi connectivity index (χ0) is 21.4. The maximum Gasteiger partial charge on any atom is 0.295 e. The number of fused-ring (bicyclic) bond motifs is 4. The van der Waals surface area contributed by atoms with E-state index in [0.717, 1.165) is 5.56 Å². The molecular weight excluding hydrogens is 404 g/mol. The molecule has 0 saturated heterocycles. The van der Waals surface area contributed by atoms with E-state index in [0.29, 0.717) is 32.8 Å². The summed E-state index contributed by atoms with van der Waals surface area (Å²) >= 11 is 0. The predicted octanol–water partition coefficient (Wildman–Crippen LogP) is 3.24. The van der Waals surface area contributed by atoms with Crippen LogP contribution in [0.5, 0.6) is 0 Å². The number of aryl methyl sites for hydroxylation is 2. The number of benzene rings is 3. The van der Waals surface area contributed by atoms with Crippen LogP contribution in [0.25, 0.3) is 43.6 Å². The van der Waals surface area contributed by atoms with Crippen molar-refractivity contribution < 1.29 is 13.0 Å². The van der Waals surface area contributed by atoms with Crippen molar-refractivity contribution in [3.05, 3.63) is 74.5 Å². The van der Waals surface area contributed by atoms with E-state index in [2.05, 4.69) is 4.98 Å². The summed E-state index contributed by atoms with van der Waals surface area (Å²) < 4.78 is 34.9. The standard InChI is InChI=1S/C22H16N2O5S/c1-11-6-7-15-12(8-11)21(25)13-10-18-14(9-16(13)23-15)22(26)20-17(24(18)2)4-3-5-19(20)30(27,28)29/h3-10H,1-2H3,(H,23,25)(H,27,28,29). The van der Waals surface area contributed by atoms with E-state index in [1.54, 1.807) is 29.8 Å². The molecule has 5 aromatic rings. The first kappa shape index (κ1) is 18.5. The summed E-state index contributed by atoms with van der Waals surface area (Å²) in [5, 5.41) is 1.14. The number of hydrogen-bond acceptors (Lipinski definition) is 4. The first-order valence-corrected chi connectivity index (χ1v) is 10.6. The van der Waals surface area contributed by atoms with E-state index < -0.39 is 20.4 Å². The van der Waals surface area contributed by atoms with Crippen molar-refractivity contribution >= 4 is 53.7 Å². The number of rotatable bonds is 1. The highest BCUT2D eigenvalue weighted by Crippen LogP contribution is 2.26. The fourth-order valence-corrected chi connectivity index (χ4v) is 4.80. The van der Waals surface area contributed by atoms with Gasteiger partial charge in [0, 0.05) is 28.7 Å². The van der Waals surface area contributed by atoms with E-state index in [-0.39, 0.29) is 16.2 Å². The normalized spacial score (nSPS) is 12.4. The summed E-state index contributed by atoms with van der Waals surface area (Å²) in [7, 11) is -2.91. The highest BCUT2D eigenvalue weighted by molar-refractivity contribution is 7.86. The Morgan fingerprint density at radius 3 is 2.33 bits per heavy atom. The maximum absolute atomic E-state index is 13.3. The number of aromatic amines is 1. The molecule has 7 nitrogen and oxygen atoms in total. The van der Waals surface area contributed by atoms with Crippen molar-refractivity contribution in [2.24, 2.45) is 7.05 Å². The molecule has 0 aliphatic rings. The molecule has 0 amide bonds. The third-order valence-corrected chi connectivity index (χ3v) is 6.44. The van der Waals surface area contributed by atoms with E-state index in [1.807, 2.05) is 25.1 Å². The molecule has 0 fully saturated rings. The van der Waals surface area contributed by atoms with Crippen molar-refractivity contribution in [3.63, 3.8) is 0 Å². The van der Waals surface area contributed by atoms with E-state index in [1.165, 1.54) is 12.1 Å². The lowest BCUT2D eigenvalue weighted by Crippen LogP contribution is -2.14. The quantitative estimate of drug-likeness (QED) is 0.320. The fraction of sp³-hybridized carbons (Fsp3) is 0.0909. The molecule has 0 unspecified atom stereocenters. The lowest BCUT2D eigenvalue weighted by Gasteiger charge is -2.13. The lowest BCUT2D eigenvalue weighted by atomic mass is 10.0. The SMILES string of the molecule is Cc1ccc2[nH]c3cc4c(=O)c5c(S(=O)(=O)O)cccc5n(C)c4cc3c(=O)c2c1. The summed E-state index contributed by atoms with van der Waals surface area (Å²) in [5.41, 5.74) is 2.24. The van der Waals surface area contributed by atoms with Crippen LogP contribution in [-0.4, -0.2) is 22.5 Å². The minimum atomic E-state index is -4.59. The van der Waals surface area contributed by atoms with Gasteiger partial charge in [-0.25, -0.2) is 0 Å². The van der Waals surface area contributed by atoms with Crippen LogP contribution >= 0.6 is 0 Å². The molecule has 2 aromatic heterocycles. The van der Waals surface area contributed by atoms with Gasteiger partial charge in [0.15, 0.2) is 10.9 Å². The highest BCUT2D eigenvalue weighted by atomic mass is 32.2. The van der Waals surface area contributed by atoms with Crippen molar-refractivity contribution in [2.75, 3.05) is 0 Å². The largest absolute Gasteiger partial charge is 0.354 e. The number of aromatic nitrogens is 2. The average Bonchev–Trinajstić information content (AvgIpc) is 2.71. The molecule has 0 atom stereocenters. The van der Waals surface area contributed by atoms with Crippen LogP contribution in [0, 0.1) is 6.92 Å². The molecule has 0 aliphatic heterocycles. The van der Waals surface area contributed by atoms with Crippen LogP contribution in [0.2, 0.25) is 0 Å². The van der Waals surface area contributed by atoms with Crippen LogP contribution in [-0.2, 0) is 17.2 Å². The van der Waals surface area contributed by atoms with Crippen LogP contribution in [0.4, 0.5) is 0 Å². The van der Waals surface area contributed by atoms with Gasteiger partial charge in [-0.05, 0) is 43.3 Å². The Balaban J connectivity index is 2.05. The Morgan fingerprint density at radius 2 is 1.60 bits per heavy atom. The van der Waals surface area contributed by atoms with Crippen molar-refractivity contribution in [1.82, 2.24) is 9.55 Å². The second kappa shape index (κ2) is 6.01. The van der Waals surface area contributed by atoms with Gasteiger partial charge in [-0.2, -0.15) is 8.42 Å². The predicted molar refractivity (Wildman–Crippen MR) is 117 cm³/mol. The van der Waals surface area contributed by atoms with Crippen LogP contribution in [0.1, 0.15) is 5.56 Å². The first-order chi connectivity index (χ1) is 14.2.